The molecule has 134 valence electrons. The van der Waals surface area contributed by atoms with Gasteiger partial charge in [-0.2, -0.15) is 5.26 Å². The van der Waals surface area contributed by atoms with Gasteiger partial charge in [-0.25, -0.2) is 0 Å². The van der Waals surface area contributed by atoms with Crippen molar-refractivity contribution in [2.24, 2.45) is 5.73 Å². The monoisotopic (exact) mass is 387 g/mol. The van der Waals surface area contributed by atoms with Crippen molar-refractivity contribution >= 4 is 35.2 Å². The number of rotatable bonds is 8. The maximum Gasteiger partial charge on any atom is 0.248 e. The number of carbonyl (C=O) groups is 2. The Bertz CT molecular complexity index is 808. The first-order chi connectivity index (χ1) is 12.5. The van der Waals surface area contributed by atoms with E-state index in [2.05, 4.69) is 5.32 Å². The van der Waals surface area contributed by atoms with Crippen molar-refractivity contribution < 1.29 is 9.59 Å². The normalized spacial score (nSPS) is 12.6. The highest BCUT2D eigenvalue weighted by Gasteiger charge is 2.29. The minimum absolute atomic E-state index is 0.111. The smallest absolute Gasteiger partial charge is 0.248 e. The van der Waals surface area contributed by atoms with Crippen molar-refractivity contribution in [1.29, 1.82) is 5.26 Å². The number of primary amides is 1. The first kappa shape index (κ1) is 19.8. The van der Waals surface area contributed by atoms with E-state index >= 15 is 0 Å². The van der Waals surface area contributed by atoms with Crippen LogP contribution >= 0.6 is 23.4 Å². The summed E-state index contributed by atoms with van der Waals surface area (Å²) < 4.78 is 0. The maximum atomic E-state index is 12.6. The zero-order valence-electron chi connectivity index (χ0n) is 13.9. The predicted octanol–water partition coefficient (Wildman–Crippen LogP) is 2.91. The molecule has 0 saturated carbocycles. The average molecular weight is 388 g/mol. The number of hydrogen-bond donors (Lipinski definition) is 2. The Hall–Kier alpha value is -2.49. The number of hydrogen-bond acceptors (Lipinski definition) is 4. The molecule has 0 fully saturated rings. The van der Waals surface area contributed by atoms with Crippen LogP contribution in [0.2, 0.25) is 0 Å². The molecule has 2 aromatic carbocycles. The predicted molar refractivity (Wildman–Crippen MR) is 103 cm³/mol. The van der Waals surface area contributed by atoms with E-state index < -0.39 is 17.2 Å². The first-order valence-electron chi connectivity index (χ1n) is 7.89. The largest absolute Gasteiger partial charge is 0.366 e. The molecular weight excluding hydrogens is 370 g/mol. The number of nitrogens with one attached hydrogen (secondary N) is 1. The third kappa shape index (κ3) is 5.51. The SMILES string of the molecule is N#CCNC(=O)[C@@H](c1cccc(C(N)=O)c1)C(Cl)CSc1ccccc1. The molecule has 7 heteroatoms. The Morgan fingerprint density at radius 3 is 2.58 bits per heavy atom. The van der Waals surface area contributed by atoms with Gasteiger partial charge in [0.05, 0.1) is 17.4 Å². The van der Waals surface area contributed by atoms with E-state index in [1.54, 1.807) is 24.3 Å². The van der Waals surface area contributed by atoms with Crippen molar-refractivity contribution in [3.05, 3.63) is 65.7 Å². The van der Waals surface area contributed by atoms with Crippen LogP contribution in [0, 0.1) is 11.3 Å². The lowest BCUT2D eigenvalue weighted by Crippen LogP contribution is -2.35. The number of nitrogens with two attached hydrogens (primary N) is 1. The minimum Gasteiger partial charge on any atom is -0.366 e. The van der Waals surface area contributed by atoms with Gasteiger partial charge in [-0.1, -0.05) is 30.3 Å². The molecule has 3 N–H and O–H groups in total. The molecule has 5 nitrogen and oxygen atoms in total. The van der Waals surface area contributed by atoms with Crippen LogP contribution in [0.5, 0.6) is 0 Å². The highest BCUT2D eigenvalue weighted by atomic mass is 35.5. The lowest BCUT2D eigenvalue weighted by molar-refractivity contribution is -0.122. The van der Waals surface area contributed by atoms with Gasteiger partial charge in [0.2, 0.25) is 11.8 Å². The zero-order chi connectivity index (χ0) is 18.9. The van der Waals surface area contributed by atoms with Gasteiger partial charge in [0.15, 0.2) is 0 Å². The molecule has 0 radical (unpaired) electrons. The molecule has 2 aromatic rings. The fourth-order valence-electron chi connectivity index (χ4n) is 2.44. The first-order valence-corrected chi connectivity index (χ1v) is 9.31. The number of halogens is 1. The van der Waals surface area contributed by atoms with E-state index in [1.165, 1.54) is 11.8 Å². The van der Waals surface area contributed by atoms with Crippen LogP contribution in [0.4, 0.5) is 0 Å². The second-order valence-electron chi connectivity index (χ2n) is 5.48. The number of benzene rings is 2. The van der Waals surface area contributed by atoms with Gasteiger partial charge in [0, 0.05) is 16.2 Å². The summed E-state index contributed by atoms with van der Waals surface area (Å²) in [5.41, 5.74) is 6.22. The Morgan fingerprint density at radius 1 is 1.19 bits per heavy atom. The molecule has 2 amide bonds. The van der Waals surface area contributed by atoms with Crippen molar-refractivity contribution in [1.82, 2.24) is 5.32 Å². The summed E-state index contributed by atoms with van der Waals surface area (Å²) in [6.45, 7) is -0.111. The summed E-state index contributed by atoms with van der Waals surface area (Å²) in [6, 6.07) is 18.1. The fourth-order valence-corrected chi connectivity index (χ4v) is 3.78. The molecule has 2 atom stereocenters. The number of alkyl halides is 1. The van der Waals surface area contributed by atoms with E-state index in [0.29, 0.717) is 16.9 Å². The Labute approximate surface area is 161 Å². The molecule has 26 heavy (non-hydrogen) atoms. The molecule has 0 aromatic heterocycles. The topological polar surface area (TPSA) is 96.0 Å². The molecule has 0 saturated heterocycles. The molecule has 0 aliphatic heterocycles. The quantitative estimate of drug-likeness (QED) is 0.413. The second kappa shape index (κ2) is 9.85. The number of thioether (sulfide) groups is 1. The van der Waals surface area contributed by atoms with Gasteiger partial charge in [-0.05, 0) is 29.8 Å². The molecule has 0 bridgehead atoms. The Kier molecular flexibility index (Phi) is 7.52. The van der Waals surface area contributed by atoms with Crippen LogP contribution in [0.3, 0.4) is 0 Å². The van der Waals surface area contributed by atoms with Gasteiger partial charge in [-0.3, -0.25) is 9.59 Å². The summed E-state index contributed by atoms with van der Waals surface area (Å²) in [4.78, 5) is 25.0. The van der Waals surface area contributed by atoms with Gasteiger partial charge < -0.3 is 11.1 Å². The van der Waals surface area contributed by atoms with Crippen LogP contribution in [0.25, 0.3) is 0 Å². The van der Waals surface area contributed by atoms with Crippen molar-refractivity contribution in [3.63, 3.8) is 0 Å². The molecule has 2 rings (SSSR count). The van der Waals surface area contributed by atoms with Gasteiger partial charge in [-0.15, -0.1) is 23.4 Å². The van der Waals surface area contributed by atoms with Gasteiger partial charge >= 0.3 is 0 Å². The molecule has 0 aliphatic carbocycles. The Balaban J connectivity index is 2.22. The average Bonchev–Trinajstić information content (AvgIpc) is 2.66. The third-order valence-corrected chi connectivity index (χ3v) is 5.39. The number of carbonyl (C=O) groups excluding carboxylic acids is 2. The molecule has 1 unspecified atom stereocenters. The Morgan fingerprint density at radius 2 is 1.92 bits per heavy atom. The fraction of sp³-hybridized carbons (Fsp3) is 0.211. The van der Waals surface area contributed by atoms with E-state index in [9.17, 15) is 9.59 Å². The lowest BCUT2D eigenvalue weighted by atomic mass is 9.93. The van der Waals surface area contributed by atoms with E-state index in [-0.39, 0.29) is 12.5 Å². The summed E-state index contributed by atoms with van der Waals surface area (Å²) in [5, 5.41) is 10.7. The van der Waals surface area contributed by atoms with E-state index in [1.807, 2.05) is 36.4 Å². The molecular formula is C19H18ClN3O2S. The third-order valence-electron chi connectivity index (χ3n) is 3.67. The zero-order valence-corrected chi connectivity index (χ0v) is 15.5. The van der Waals surface area contributed by atoms with E-state index in [4.69, 9.17) is 22.6 Å². The summed E-state index contributed by atoms with van der Waals surface area (Å²) in [5.74, 6) is -1.16. The van der Waals surface area contributed by atoms with Crippen molar-refractivity contribution in [3.8, 4) is 6.07 Å². The second-order valence-corrected chi connectivity index (χ2v) is 7.14. The summed E-state index contributed by atoms with van der Waals surface area (Å²) in [7, 11) is 0. The number of nitrogens with zero attached hydrogens (tertiary/aromatic N) is 1. The van der Waals surface area contributed by atoms with Gasteiger partial charge in [0.25, 0.3) is 0 Å². The lowest BCUT2D eigenvalue weighted by Gasteiger charge is -2.22. The van der Waals surface area contributed by atoms with Crippen molar-refractivity contribution in [2.75, 3.05) is 12.3 Å². The highest BCUT2D eigenvalue weighted by Crippen LogP contribution is 2.30. The number of nitriles is 1. The van der Waals surface area contributed by atoms with Crippen LogP contribution < -0.4 is 11.1 Å². The van der Waals surface area contributed by atoms with Crippen LogP contribution in [-0.4, -0.2) is 29.5 Å². The van der Waals surface area contributed by atoms with Crippen LogP contribution in [-0.2, 0) is 4.79 Å². The molecule has 0 heterocycles. The van der Waals surface area contributed by atoms with E-state index in [0.717, 1.165) is 4.90 Å². The van der Waals surface area contributed by atoms with Crippen molar-refractivity contribution in [2.45, 2.75) is 16.2 Å². The minimum atomic E-state index is -0.708. The van der Waals surface area contributed by atoms with Crippen LogP contribution in [0.1, 0.15) is 21.8 Å². The summed E-state index contributed by atoms with van der Waals surface area (Å²) >= 11 is 8.09. The highest BCUT2D eigenvalue weighted by molar-refractivity contribution is 7.99. The van der Waals surface area contributed by atoms with Gasteiger partial charge in [0.1, 0.15) is 6.54 Å². The maximum absolute atomic E-state index is 12.6. The standard InChI is InChI=1S/C19H18ClN3O2S/c20-16(12-26-15-7-2-1-3-8-15)17(19(25)23-10-9-21)13-5-4-6-14(11-13)18(22)24/h1-8,11,16-17H,10,12H2,(H2,22,24)(H,23,25)/t16?,17-/m0/s1. The molecule has 0 aliphatic rings. The molecule has 0 spiro atoms. The summed E-state index contributed by atoms with van der Waals surface area (Å²) in [6.07, 6.45) is 0. The number of amides is 2. The van der Waals surface area contributed by atoms with Crippen LogP contribution in [0.15, 0.2) is 59.5 Å².